The summed E-state index contributed by atoms with van der Waals surface area (Å²) in [5.41, 5.74) is 3.70. The molecule has 10 heteroatoms. The predicted octanol–water partition coefficient (Wildman–Crippen LogP) is 1.32. The molecule has 0 aliphatic carbocycles. The summed E-state index contributed by atoms with van der Waals surface area (Å²) >= 11 is 0. The molecule has 0 amide bonds. The maximum Gasteiger partial charge on any atom is 0.211 e. The molecular weight excluding hydrogens is 418 g/mol. The van der Waals surface area contributed by atoms with Crippen LogP contribution in [-0.4, -0.2) is 80.7 Å². The van der Waals surface area contributed by atoms with Gasteiger partial charge in [-0.3, -0.25) is 4.99 Å². The molecule has 0 saturated carbocycles. The van der Waals surface area contributed by atoms with E-state index < -0.39 is 10.0 Å². The molecule has 0 bridgehead atoms. The van der Waals surface area contributed by atoms with Gasteiger partial charge in [0.05, 0.1) is 30.8 Å². The molecule has 3 heterocycles. The highest BCUT2D eigenvalue weighted by Gasteiger charge is 2.25. The van der Waals surface area contributed by atoms with Crippen LogP contribution in [0.3, 0.4) is 0 Å². The van der Waals surface area contributed by atoms with Gasteiger partial charge in [-0.05, 0) is 24.6 Å². The Morgan fingerprint density at radius 1 is 1.13 bits per heavy atom. The molecule has 0 radical (unpaired) electrons. The van der Waals surface area contributed by atoms with Crippen molar-refractivity contribution in [3.05, 3.63) is 47.4 Å². The third-order valence-electron chi connectivity index (χ3n) is 5.41. The molecule has 1 fully saturated rings. The Labute approximate surface area is 182 Å². The fourth-order valence-corrected chi connectivity index (χ4v) is 4.68. The van der Waals surface area contributed by atoms with Gasteiger partial charge in [0.15, 0.2) is 0 Å². The van der Waals surface area contributed by atoms with Crippen LogP contribution in [0, 0.1) is 0 Å². The maximum atomic E-state index is 11.8. The second kappa shape index (κ2) is 8.89. The van der Waals surface area contributed by atoms with Crippen molar-refractivity contribution in [2.45, 2.75) is 19.6 Å². The second-order valence-electron chi connectivity index (χ2n) is 7.78. The maximum absolute atomic E-state index is 11.8. The molecule has 2 aromatic rings. The molecule has 1 atom stereocenters. The topological polar surface area (TPSA) is 97.2 Å². The van der Waals surface area contributed by atoms with E-state index >= 15 is 0 Å². The zero-order valence-corrected chi connectivity index (χ0v) is 18.8. The Kier molecular flexibility index (Phi) is 6.22. The summed E-state index contributed by atoms with van der Waals surface area (Å²) in [6.07, 6.45) is 2.73. The van der Waals surface area contributed by atoms with Crippen LogP contribution < -0.4 is 9.64 Å². The standard InChI is InChI=1S/C21H27N5O4S/c1-15(13-29-2)30-17-5-4-16-12-22-21(18(16)10-17)19-11-20(24-14-23-19)25-6-8-26(9-7-25)31(3,27)28/h4-5,10-11,14-15H,6-9,12-13H2,1-3H3/t15-/m0/s1. The lowest BCUT2D eigenvalue weighted by molar-refractivity contribution is 0.0921. The Morgan fingerprint density at radius 2 is 1.90 bits per heavy atom. The molecule has 0 unspecified atom stereocenters. The molecule has 2 aliphatic rings. The molecule has 1 aromatic heterocycles. The van der Waals surface area contributed by atoms with Gasteiger partial charge in [-0.1, -0.05) is 6.07 Å². The number of ether oxygens (including phenoxy) is 2. The second-order valence-corrected chi connectivity index (χ2v) is 9.76. The van der Waals surface area contributed by atoms with E-state index in [0.717, 1.165) is 34.1 Å². The van der Waals surface area contributed by atoms with Crippen molar-refractivity contribution in [2.24, 2.45) is 4.99 Å². The van der Waals surface area contributed by atoms with Gasteiger partial charge in [0.2, 0.25) is 10.0 Å². The van der Waals surface area contributed by atoms with Crippen molar-refractivity contribution in [3.8, 4) is 5.75 Å². The zero-order chi connectivity index (χ0) is 22.0. The number of aromatic nitrogens is 2. The minimum Gasteiger partial charge on any atom is -0.488 e. The highest BCUT2D eigenvalue weighted by atomic mass is 32.2. The number of hydrogen-bond acceptors (Lipinski definition) is 8. The van der Waals surface area contributed by atoms with E-state index in [1.165, 1.54) is 16.9 Å². The van der Waals surface area contributed by atoms with Crippen molar-refractivity contribution in [3.63, 3.8) is 0 Å². The molecule has 0 spiro atoms. The first-order chi connectivity index (χ1) is 14.8. The summed E-state index contributed by atoms with van der Waals surface area (Å²) < 4.78 is 36.1. The summed E-state index contributed by atoms with van der Waals surface area (Å²) in [4.78, 5) is 15.6. The first-order valence-corrected chi connectivity index (χ1v) is 12.1. The highest BCUT2D eigenvalue weighted by molar-refractivity contribution is 7.88. The van der Waals surface area contributed by atoms with E-state index in [2.05, 4.69) is 14.9 Å². The fourth-order valence-electron chi connectivity index (χ4n) is 3.85. The van der Waals surface area contributed by atoms with Gasteiger partial charge >= 0.3 is 0 Å². The van der Waals surface area contributed by atoms with Crippen molar-refractivity contribution in [1.82, 2.24) is 14.3 Å². The SMILES string of the molecule is COC[C@H](C)Oc1ccc2c(c1)C(c1cc(N3CCN(S(C)(=O)=O)CC3)ncn1)=NC2. The van der Waals surface area contributed by atoms with Gasteiger partial charge in [-0.25, -0.2) is 18.4 Å². The molecule has 1 aromatic carbocycles. The molecule has 4 rings (SSSR count). The third-order valence-corrected chi connectivity index (χ3v) is 6.71. The Hall–Kier alpha value is -2.56. The van der Waals surface area contributed by atoms with Crippen LogP contribution in [0.4, 0.5) is 5.82 Å². The summed E-state index contributed by atoms with van der Waals surface area (Å²) in [5.74, 6) is 1.54. The van der Waals surface area contributed by atoms with Gasteiger partial charge < -0.3 is 14.4 Å². The van der Waals surface area contributed by atoms with Gasteiger partial charge in [0, 0.05) is 44.9 Å². The highest BCUT2D eigenvalue weighted by Crippen LogP contribution is 2.28. The van der Waals surface area contributed by atoms with Gasteiger partial charge in [-0.2, -0.15) is 4.31 Å². The molecule has 9 nitrogen and oxygen atoms in total. The average molecular weight is 446 g/mol. The number of nitrogens with zero attached hydrogens (tertiary/aromatic N) is 5. The number of hydrogen-bond donors (Lipinski definition) is 0. The lowest BCUT2D eigenvalue weighted by Gasteiger charge is -2.34. The normalized spacial score (nSPS) is 17.9. The van der Waals surface area contributed by atoms with Crippen LogP contribution in [0.2, 0.25) is 0 Å². The fraction of sp³-hybridized carbons (Fsp3) is 0.476. The lowest BCUT2D eigenvalue weighted by Crippen LogP contribution is -2.48. The number of aliphatic imine (C=N–C) groups is 1. The zero-order valence-electron chi connectivity index (χ0n) is 18.0. The van der Waals surface area contributed by atoms with E-state index in [-0.39, 0.29) is 6.10 Å². The minimum absolute atomic E-state index is 0.0545. The third kappa shape index (κ3) is 4.86. The first-order valence-electron chi connectivity index (χ1n) is 10.2. The minimum atomic E-state index is -3.17. The number of methoxy groups -OCH3 is 1. The van der Waals surface area contributed by atoms with Crippen molar-refractivity contribution >= 4 is 21.6 Å². The van der Waals surface area contributed by atoms with Crippen molar-refractivity contribution in [2.75, 3.05) is 51.1 Å². The summed E-state index contributed by atoms with van der Waals surface area (Å²) in [6, 6.07) is 7.91. The van der Waals surface area contributed by atoms with E-state index in [4.69, 9.17) is 14.5 Å². The van der Waals surface area contributed by atoms with Gasteiger partial charge in [-0.15, -0.1) is 0 Å². The molecule has 31 heavy (non-hydrogen) atoms. The van der Waals surface area contributed by atoms with Crippen LogP contribution in [0.5, 0.6) is 5.75 Å². The molecule has 2 aliphatic heterocycles. The summed E-state index contributed by atoms with van der Waals surface area (Å²) in [5, 5.41) is 0. The smallest absolute Gasteiger partial charge is 0.211 e. The number of benzene rings is 1. The Bertz CT molecular complexity index is 1080. The van der Waals surface area contributed by atoms with Crippen LogP contribution in [0.15, 0.2) is 35.6 Å². The van der Waals surface area contributed by atoms with E-state index in [1.54, 1.807) is 7.11 Å². The van der Waals surface area contributed by atoms with Crippen LogP contribution in [0.1, 0.15) is 23.7 Å². The van der Waals surface area contributed by atoms with Gasteiger partial charge in [0.25, 0.3) is 0 Å². The predicted molar refractivity (Wildman–Crippen MR) is 118 cm³/mol. The quantitative estimate of drug-likeness (QED) is 0.634. The number of rotatable bonds is 7. The van der Waals surface area contributed by atoms with Crippen LogP contribution >= 0.6 is 0 Å². The van der Waals surface area contributed by atoms with Crippen molar-refractivity contribution in [1.29, 1.82) is 0 Å². The monoisotopic (exact) mass is 445 g/mol. The van der Waals surface area contributed by atoms with Crippen molar-refractivity contribution < 1.29 is 17.9 Å². The van der Waals surface area contributed by atoms with E-state index in [1.807, 2.05) is 31.2 Å². The van der Waals surface area contributed by atoms with Crippen LogP contribution in [0.25, 0.3) is 0 Å². The first kappa shape index (κ1) is 21.7. The molecular formula is C21H27N5O4S. The van der Waals surface area contributed by atoms with E-state index in [0.29, 0.717) is 39.3 Å². The molecule has 166 valence electrons. The van der Waals surface area contributed by atoms with E-state index in [9.17, 15) is 8.42 Å². The molecule has 1 saturated heterocycles. The number of anilines is 1. The van der Waals surface area contributed by atoms with Gasteiger partial charge in [0.1, 0.15) is 24.0 Å². The average Bonchev–Trinajstić information content (AvgIpc) is 3.17. The van der Waals surface area contributed by atoms with Crippen LogP contribution in [-0.2, 0) is 21.3 Å². The number of sulfonamides is 1. The largest absolute Gasteiger partial charge is 0.488 e. The number of piperazine rings is 1. The number of fused-ring (bicyclic) bond motifs is 1. The summed E-state index contributed by atoms with van der Waals surface area (Å²) in [6.45, 7) is 5.14. The Balaban J connectivity index is 1.52. The lowest BCUT2D eigenvalue weighted by atomic mass is 10.0. The summed E-state index contributed by atoms with van der Waals surface area (Å²) in [7, 11) is -1.51. The Morgan fingerprint density at radius 3 is 2.61 bits per heavy atom. The molecule has 0 N–H and O–H groups in total.